The molecule has 76 valence electrons. The molecule has 0 radical (unpaired) electrons. The molecule has 0 saturated heterocycles. The summed E-state index contributed by atoms with van der Waals surface area (Å²) in [4.78, 5) is 13.2. The van der Waals surface area contributed by atoms with Crippen LogP contribution < -0.4 is 10.2 Å². The van der Waals surface area contributed by atoms with Crippen LogP contribution in [0.2, 0.25) is 0 Å². The Morgan fingerprint density at radius 1 is 1.43 bits per heavy atom. The number of carbonyl (C=O) groups excluding carboxylic acids is 1. The van der Waals surface area contributed by atoms with E-state index >= 15 is 0 Å². The van der Waals surface area contributed by atoms with E-state index in [0.717, 1.165) is 11.4 Å². The first-order valence-corrected chi connectivity index (χ1v) is 4.74. The Morgan fingerprint density at radius 2 is 2.07 bits per heavy atom. The molecule has 3 nitrogen and oxygen atoms in total. The van der Waals surface area contributed by atoms with Crippen LogP contribution in [0, 0.1) is 0 Å². The van der Waals surface area contributed by atoms with Crippen molar-refractivity contribution in [2.24, 2.45) is 0 Å². The number of hydrogen-bond acceptors (Lipinski definition) is 2. The number of amides is 1. The van der Waals surface area contributed by atoms with E-state index in [1.54, 1.807) is 11.9 Å². The Kier molecular flexibility index (Phi) is 3.51. The topological polar surface area (TPSA) is 32.3 Å². The van der Waals surface area contributed by atoms with E-state index in [2.05, 4.69) is 5.32 Å². The largest absolute Gasteiger partial charge is 0.386 e. The predicted octanol–water partition coefficient (Wildman–Crippen LogP) is 2.10. The molecule has 3 heteroatoms. The first kappa shape index (κ1) is 10.6. The van der Waals surface area contributed by atoms with Crippen molar-refractivity contribution in [1.29, 1.82) is 0 Å². The summed E-state index contributed by atoms with van der Waals surface area (Å²) < 4.78 is 0. The van der Waals surface area contributed by atoms with Gasteiger partial charge < -0.3 is 10.2 Å². The lowest BCUT2D eigenvalue weighted by Crippen LogP contribution is -2.25. The zero-order chi connectivity index (χ0) is 10.6. The molecule has 0 spiro atoms. The fourth-order valence-corrected chi connectivity index (χ4v) is 1.35. The van der Waals surface area contributed by atoms with Gasteiger partial charge in [0.1, 0.15) is 0 Å². The van der Waals surface area contributed by atoms with E-state index < -0.39 is 0 Å². The fourth-order valence-electron chi connectivity index (χ4n) is 1.35. The van der Waals surface area contributed by atoms with Crippen molar-refractivity contribution in [3.05, 3.63) is 24.3 Å². The molecule has 0 heterocycles. The maximum atomic E-state index is 11.5. The monoisotopic (exact) mass is 192 g/mol. The molecule has 0 bridgehead atoms. The third-order valence-electron chi connectivity index (χ3n) is 2.21. The Balaban J connectivity index is 2.99. The van der Waals surface area contributed by atoms with Crippen molar-refractivity contribution in [3.8, 4) is 0 Å². The lowest BCUT2D eigenvalue weighted by atomic mass is 10.2. The maximum Gasteiger partial charge on any atom is 0.226 e. The highest BCUT2D eigenvalue weighted by atomic mass is 16.2. The molecule has 14 heavy (non-hydrogen) atoms. The van der Waals surface area contributed by atoms with Crippen LogP contribution in [0.15, 0.2) is 24.3 Å². The van der Waals surface area contributed by atoms with Crippen LogP contribution in [0.4, 0.5) is 11.4 Å². The zero-order valence-corrected chi connectivity index (χ0v) is 8.87. The summed E-state index contributed by atoms with van der Waals surface area (Å²) in [5.41, 5.74) is 1.89. The van der Waals surface area contributed by atoms with Gasteiger partial charge >= 0.3 is 0 Å². The number of nitrogens with zero attached hydrogens (tertiary/aromatic N) is 1. The quantitative estimate of drug-likeness (QED) is 0.795. The van der Waals surface area contributed by atoms with Gasteiger partial charge in [0.25, 0.3) is 0 Å². The summed E-state index contributed by atoms with van der Waals surface area (Å²) in [5.74, 6) is 0.118. The van der Waals surface area contributed by atoms with Gasteiger partial charge in [0.2, 0.25) is 5.91 Å². The molecule has 0 aliphatic heterocycles. The molecule has 0 aliphatic rings. The van der Waals surface area contributed by atoms with E-state index in [1.165, 1.54) is 0 Å². The molecule has 0 atom stereocenters. The summed E-state index contributed by atoms with van der Waals surface area (Å²) in [6.45, 7) is 1.86. The lowest BCUT2D eigenvalue weighted by Gasteiger charge is -2.19. The zero-order valence-electron chi connectivity index (χ0n) is 8.87. The molecule has 1 N–H and O–H groups in total. The van der Waals surface area contributed by atoms with E-state index in [1.807, 2.05) is 38.2 Å². The van der Waals surface area contributed by atoms with Crippen molar-refractivity contribution in [1.82, 2.24) is 0 Å². The standard InChI is InChI=1S/C11H16N2O/c1-4-11(14)13(3)10-8-6-5-7-9(10)12-2/h5-8,12H,4H2,1-3H3. The van der Waals surface area contributed by atoms with Gasteiger partial charge in [-0.25, -0.2) is 0 Å². The highest BCUT2D eigenvalue weighted by Crippen LogP contribution is 2.24. The Morgan fingerprint density at radius 3 is 2.64 bits per heavy atom. The maximum absolute atomic E-state index is 11.5. The van der Waals surface area contributed by atoms with Crippen molar-refractivity contribution in [3.63, 3.8) is 0 Å². The second-order valence-electron chi connectivity index (χ2n) is 3.07. The Hall–Kier alpha value is -1.51. The average molecular weight is 192 g/mol. The highest BCUT2D eigenvalue weighted by molar-refractivity contribution is 5.95. The normalized spacial score (nSPS) is 9.64. The highest BCUT2D eigenvalue weighted by Gasteiger charge is 2.10. The number of nitrogens with one attached hydrogen (secondary N) is 1. The van der Waals surface area contributed by atoms with Crippen LogP contribution in [-0.4, -0.2) is 20.0 Å². The summed E-state index contributed by atoms with van der Waals surface area (Å²) >= 11 is 0. The third kappa shape index (κ3) is 2.05. The van der Waals surface area contributed by atoms with Crippen LogP contribution in [0.25, 0.3) is 0 Å². The van der Waals surface area contributed by atoms with Crippen LogP contribution >= 0.6 is 0 Å². The molecule has 1 amide bonds. The van der Waals surface area contributed by atoms with Crippen LogP contribution in [-0.2, 0) is 4.79 Å². The number of para-hydroxylation sites is 2. The summed E-state index contributed by atoms with van der Waals surface area (Å²) in [6, 6.07) is 7.75. The molecule has 1 aromatic carbocycles. The minimum atomic E-state index is 0.118. The van der Waals surface area contributed by atoms with E-state index in [9.17, 15) is 4.79 Å². The van der Waals surface area contributed by atoms with E-state index in [4.69, 9.17) is 0 Å². The fraction of sp³-hybridized carbons (Fsp3) is 0.364. The molecule has 1 rings (SSSR count). The molecule has 0 saturated carbocycles. The summed E-state index contributed by atoms with van der Waals surface area (Å²) in [5, 5.41) is 3.06. The number of benzene rings is 1. The average Bonchev–Trinajstić information content (AvgIpc) is 2.26. The van der Waals surface area contributed by atoms with Gasteiger partial charge in [-0.3, -0.25) is 4.79 Å². The molecule has 0 aliphatic carbocycles. The number of carbonyl (C=O) groups is 1. The van der Waals surface area contributed by atoms with Gasteiger partial charge in [-0.1, -0.05) is 19.1 Å². The smallest absolute Gasteiger partial charge is 0.226 e. The van der Waals surface area contributed by atoms with E-state index in [-0.39, 0.29) is 5.91 Å². The lowest BCUT2D eigenvalue weighted by molar-refractivity contribution is -0.118. The molecule has 0 fully saturated rings. The molecule has 0 unspecified atom stereocenters. The van der Waals surface area contributed by atoms with Crippen LogP contribution in [0.5, 0.6) is 0 Å². The number of anilines is 2. The SMILES string of the molecule is CCC(=O)N(C)c1ccccc1NC. The molecule has 0 aromatic heterocycles. The molecular formula is C11H16N2O. The molecule has 1 aromatic rings. The van der Waals surface area contributed by atoms with Gasteiger partial charge in [-0.2, -0.15) is 0 Å². The second-order valence-corrected chi connectivity index (χ2v) is 3.07. The Labute approximate surface area is 84.7 Å². The van der Waals surface area contributed by atoms with Crippen molar-refractivity contribution < 1.29 is 4.79 Å². The van der Waals surface area contributed by atoms with Crippen LogP contribution in [0.3, 0.4) is 0 Å². The number of hydrogen-bond donors (Lipinski definition) is 1. The van der Waals surface area contributed by atoms with Gasteiger partial charge in [0, 0.05) is 20.5 Å². The predicted molar refractivity (Wildman–Crippen MR) is 59.7 cm³/mol. The minimum absolute atomic E-state index is 0.118. The second kappa shape index (κ2) is 4.65. The first-order chi connectivity index (χ1) is 6.70. The van der Waals surface area contributed by atoms with Crippen LogP contribution in [0.1, 0.15) is 13.3 Å². The first-order valence-electron chi connectivity index (χ1n) is 4.74. The van der Waals surface area contributed by atoms with Crippen molar-refractivity contribution >= 4 is 17.3 Å². The third-order valence-corrected chi connectivity index (χ3v) is 2.21. The number of rotatable bonds is 3. The van der Waals surface area contributed by atoms with Gasteiger partial charge in [0.05, 0.1) is 11.4 Å². The van der Waals surface area contributed by atoms with Crippen molar-refractivity contribution in [2.45, 2.75) is 13.3 Å². The van der Waals surface area contributed by atoms with Crippen molar-refractivity contribution in [2.75, 3.05) is 24.3 Å². The minimum Gasteiger partial charge on any atom is -0.386 e. The molecular weight excluding hydrogens is 176 g/mol. The van der Waals surface area contributed by atoms with Gasteiger partial charge in [-0.15, -0.1) is 0 Å². The van der Waals surface area contributed by atoms with E-state index in [0.29, 0.717) is 6.42 Å². The summed E-state index contributed by atoms with van der Waals surface area (Å²) in [7, 11) is 3.64. The Bertz CT molecular complexity index is 323. The van der Waals surface area contributed by atoms with Gasteiger partial charge in [-0.05, 0) is 12.1 Å². The summed E-state index contributed by atoms with van der Waals surface area (Å²) in [6.07, 6.45) is 0.522. The van der Waals surface area contributed by atoms with Gasteiger partial charge in [0.15, 0.2) is 0 Å².